The highest BCUT2D eigenvalue weighted by Crippen LogP contribution is 1.86. The van der Waals surface area contributed by atoms with E-state index in [9.17, 15) is 9.59 Å². The van der Waals surface area contributed by atoms with Crippen LogP contribution < -0.4 is 0 Å². The van der Waals surface area contributed by atoms with Gasteiger partial charge in [0, 0.05) is 0 Å². The Kier molecular flexibility index (Phi) is 3.67. The second-order valence-electron chi connectivity index (χ2n) is 1.68. The third-order valence-corrected chi connectivity index (χ3v) is 0.699. The molecule has 9 heavy (non-hydrogen) atoms. The fraction of sp³-hybridized carbons (Fsp3) is 0.667. The highest BCUT2D eigenvalue weighted by atomic mass is 16.5. The zero-order valence-electron chi connectivity index (χ0n) is 5.64. The van der Waals surface area contributed by atoms with Crippen molar-refractivity contribution in [3.63, 3.8) is 0 Å². The van der Waals surface area contributed by atoms with Gasteiger partial charge in [0.25, 0.3) is 0 Å². The fourth-order valence-corrected chi connectivity index (χ4v) is 0.415. The van der Waals surface area contributed by atoms with Crippen molar-refractivity contribution >= 4 is 11.8 Å². The highest BCUT2D eigenvalue weighted by molar-refractivity contribution is 5.94. The van der Waals surface area contributed by atoms with E-state index in [2.05, 4.69) is 4.74 Å². The summed E-state index contributed by atoms with van der Waals surface area (Å²) in [7, 11) is 0. The van der Waals surface area contributed by atoms with Gasteiger partial charge in [-0.3, -0.25) is 9.59 Å². The van der Waals surface area contributed by atoms with Crippen LogP contribution in [0.4, 0.5) is 0 Å². The van der Waals surface area contributed by atoms with E-state index in [-0.39, 0.29) is 12.2 Å². The van der Waals surface area contributed by atoms with E-state index in [0.717, 1.165) is 0 Å². The van der Waals surface area contributed by atoms with Gasteiger partial charge < -0.3 is 4.74 Å². The number of carbonyl (C=O) groups is 2. The summed E-state index contributed by atoms with van der Waals surface area (Å²) in [5.74, 6) is -0.599. The van der Waals surface area contributed by atoms with Gasteiger partial charge >= 0.3 is 5.97 Å². The van der Waals surface area contributed by atoms with Gasteiger partial charge in [0.1, 0.15) is 12.2 Å². The van der Waals surface area contributed by atoms with Crippen molar-refractivity contribution in [2.24, 2.45) is 0 Å². The summed E-state index contributed by atoms with van der Waals surface area (Å²) in [5, 5.41) is 0. The number of rotatable bonds is 3. The molecule has 0 aromatic carbocycles. The molecule has 0 atom stereocenters. The van der Waals surface area contributed by atoms with Crippen LogP contribution in [0.1, 0.15) is 20.3 Å². The van der Waals surface area contributed by atoms with Gasteiger partial charge in [0.2, 0.25) is 0 Å². The Morgan fingerprint density at radius 3 is 2.33 bits per heavy atom. The molecule has 0 spiro atoms. The summed E-state index contributed by atoms with van der Waals surface area (Å²) >= 11 is 0. The van der Waals surface area contributed by atoms with Crippen LogP contribution in [-0.4, -0.2) is 18.4 Å². The average molecular weight is 132 g/mol. The highest BCUT2D eigenvalue weighted by Gasteiger charge is 2.03. The predicted molar refractivity (Wildman–Crippen MR) is 31.9 cm³/mol. The van der Waals surface area contributed by atoms with Crippen LogP contribution >= 0.6 is 0 Å². The maximum Gasteiger partial charge on any atom is 0.313 e. The third kappa shape index (κ3) is 5.00. The van der Waals surface area contributed by atoms with Crippen LogP contribution in [0.2, 0.25) is 0 Å². The SMILES string of the molecule is CCOC(=O)C[13C]([13CH3])=O. The molecule has 0 radical (unpaired) electrons. The number of ether oxygens (including phenoxy) is 1. The minimum absolute atomic E-state index is 0.103. The van der Waals surface area contributed by atoms with Gasteiger partial charge in [-0.15, -0.1) is 0 Å². The summed E-state index contributed by atoms with van der Waals surface area (Å²) < 4.78 is 4.49. The molecule has 0 aliphatic rings. The van der Waals surface area contributed by atoms with Gasteiger partial charge in [0.15, 0.2) is 0 Å². The first-order valence-corrected chi connectivity index (χ1v) is 2.82. The minimum atomic E-state index is -0.440. The smallest absolute Gasteiger partial charge is 0.313 e. The number of hydrogen-bond donors (Lipinski definition) is 0. The Labute approximate surface area is 54.0 Å². The molecule has 0 aromatic heterocycles. The summed E-state index contributed by atoms with van der Waals surface area (Å²) in [4.78, 5) is 20.6. The van der Waals surface area contributed by atoms with E-state index in [1.165, 1.54) is 6.92 Å². The molecule has 0 fully saturated rings. The first-order valence-electron chi connectivity index (χ1n) is 2.82. The Bertz CT molecular complexity index is 117. The lowest BCUT2D eigenvalue weighted by Gasteiger charge is -1.96. The molecule has 0 unspecified atom stereocenters. The van der Waals surface area contributed by atoms with Crippen LogP contribution in [0.3, 0.4) is 0 Å². The van der Waals surface area contributed by atoms with Crippen LogP contribution in [0.5, 0.6) is 0 Å². The minimum Gasteiger partial charge on any atom is -0.466 e. The summed E-state index contributed by atoms with van der Waals surface area (Å²) in [6, 6.07) is 0. The topological polar surface area (TPSA) is 43.4 Å². The number of Topliss-reactive ketones (excluding diaryl/α,β-unsaturated/α-hetero) is 1. The summed E-state index contributed by atoms with van der Waals surface area (Å²) in [5.41, 5.74) is 0. The lowest BCUT2D eigenvalue weighted by atomic mass is 10.6. The molecule has 0 amide bonds. The largest absolute Gasteiger partial charge is 0.466 e. The maximum atomic E-state index is 10.4. The third-order valence-electron chi connectivity index (χ3n) is 0.699. The number of carbonyl (C=O) groups excluding carboxylic acids is 2. The normalized spacial score (nSPS) is 8.67. The molecule has 0 aliphatic heterocycles. The number of esters is 1. The monoisotopic (exact) mass is 132 g/mol. The van der Waals surface area contributed by atoms with Crippen LogP contribution in [-0.2, 0) is 14.3 Å². The van der Waals surface area contributed by atoms with E-state index in [4.69, 9.17) is 0 Å². The van der Waals surface area contributed by atoms with Gasteiger partial charge in [-0.1, -0.05) is 0 Å². The maximum absolute atomic E-state index is 10.4. The molecule has 0 aliphatic carbocycles. The van der Waals surface area contributed by atoms with Crippen LogP contribution in [0.25, 0.3) is 0 Å². The molecule has 0 heterocycles. The van der Waals surface area contributed by atoms with Crippen molar-refractivity contribution < 1.29 is 14.3 Å². The lowest BCUT2D eigenvalue weighted by Crippen LogP contribution is -2.07. The second-order valence-corrected chi connectivity index (χ2v) is 1.68. The van der Waals surface area contributed by atoms with Crippen molar-refractivity contribution in [2.45, 2.75) is 20.3 Å². The van der Waals surface area contributed by atoms with E-state index in [0.29, 0.717) is 6.61 Å². The number of ketones is 1. The molecule has 0 rings (SSSR count). The van der Waals surface area contributed by atoms with E-state index in [1.807, 2.05) is 0 Å². The molecule has 0 bridgehead atoms. The van der Waals surface area contributed by atoms with Crippen LogP contribution in [0, 0.1) is 0 Å². The van der Waals surface area contributed by atoms with E-state index >= 15 is 0 Å². The molecule has 0 N–H and O–H groups in total. The fourth-order valence-electron chi connectivity index (χ4n) is 0.415. The van der Waals surface area contributed by atoms with Gasteiger partial charge in [0.05, 0.1) is 6.61 Å². The summed E-state index contributed by atoms with van der Waals surface area (Å²) in [6.07, 6.45) is -0.103. The molecule has 3 nitrogen and oxygen atoms in total. The molecular weight excluding hydrogens is 122 g/mol. The van der Waals surface area contributed by atoms with Crippen molar-refractivity contribution in [3.05, 3.63) is 0 Å². The Hall–Kier alpha value is -0.860. The quantitative estimate of drug-likeness (QED) is 0.319. The molecule has 0 saturated carbocycles. The standard InChI is InChI=1S/C6H10O3/c1-3-9-6(8)4-5(2)7/h3-4H2,1-2H3/i2+1,5+1. The zero-order chi connectivity index (χ0) is 7.28. The van der Waals surface area contributed by atoms with Crippen molar-refractivity contribution in [2.75, 3.05) is 6.61 Å². The Morgan fingerprint density at radius 2 is 2.00 bits per heavy atom. The predicted octanol–water partition coefficient (Wildman–Crippen LogP) is 0.529. The van der Waals surface area contributed by atoms with Crippen LogP contribution in [0.15, 0.2) is 0 Å². The molecule has 0 saturated heterocycles. The summed E-state index contributed by atoms with van der Waals surface area (Å²) in [6.45, 7) is 3.40. The van der Waals surface area contributed by atoms with Crippen molar-refractivity contribution in [1.82, 2.24) is 0 Å². The average Bonchev–Trinajstić information content (AvgIpc) is 1.63. The first kappa shape index (κ1) is 8.14. The van der Waals surface area contributed by atoms with Gasteiger partial charge in [-0.2, -0.15) is 0 Å². The second kappa shape index (κ2) is 4.06. The first-order chi connectivity index (χ1) is 4.16. The van der Waals surface area contributed by atoms with E-state index in [1.54, 1.807) is 6.92 Å². The molecular formula is C6H10O3. The van der Waals surface area contributed by atoms with Crippen molar-refractivity contribution in [3.8, 4) is 0 Å². The van der Waals surface area contributed by atoms with Gasteiger partial charge in [-0.25, -0.2) is 0 Å². The zero-order valence-corrected chi connectivity index (χ0v) is 5.64. The van der Waals surface area contributed by atoms with Crippen molar-refractivity contribution in [1.29, 1.82) is 0 Å². The molecule has 3 heteroatoms. The van der Waals surface area contributed by atoms with Gasteiger partial charge in [-0.05, 0) is 13.8 Å². The molecule has 0 aromatic rings. The van der Waals surface area contributed by atoms with E-state index < -0.39 is 5.97 Å². The Balaban J connectivity index is 3.39. The number of hydrogen-bond acceptors (Lipinski definition) is 3. The Morgan fingerprint density at radius 1 is 1.44 bits per heavy atom. The molecule has 52 valence electrons. The lowest BCUT2D eigenvalue weighted by molar-refractivity contribution is -0.145.